The number of ether oxygens (including phenoxy) is 1. The first-order valence-corrected chi connectivity index (χ1v) is 8.59. The van der Waals surface area contributed by atoms with Gasteiger partial charge in [-0.1, -0.05) is 54.6 Å². The first-order valence-electron chi connectivity index (χ1n) is 8.59. The predicted octanol–water partition coefficient (Wildman–Crippen LogP) is 5.35. The summed E-state index contributed by atoms with van der Waals surface area (Å²) in [5.41, 5.74) is 5.93. The van der Waals surface area contributed by atoms with Gasteiger partial charge in [0.25, 0.3) is 0 Å². The van der Waals surface area contributed by atoms with Crippen LogP contribution in [-0.4, -0.2) is 5.11 Å². The number of aromatic hydroxyl groups is 1. The lowest BCUT2D eigenvalue weighted by Gasteiger charge is -2.19. The van der Waals surface area contributed by atoms with Crippen LogP contribution < -0.4 is 4.74 Å². The zero-order valence-corrected chi connectivity index (χ0v) is 14.0. The van der Waals surface area contributed by atoms with E-state index in [9.17, 15) is 5.11 Å². The van der Waals surface area contributed by atoms with Crippen LogP contribution in [0.25, 0.3) is 5.57 Å². The van der Waals surface area contributed by atoms with Gasteiger partial charge in [-0.15, -0.1) is 0 Å². The maximum atomic E-state index is 9.77. The summed E-state index contributed by atoms with van der Waals surface area (Å²) in [6.07, 6.45) is 4.27. The molecule has 0 aliphatic heterocycles. The highest BCUT2D eigenvalue weighted by molar-refractivity contribution is 5.83. The van der Waals surface area contributed by atoms with Crippen LogP contribution in [0.15, 0.2) is 78.9 Å². The smallest absolute Gasteiger partial charge is 0.120 e. The molecular formula is C23H20O2. The van der Waals surface area contributed by atoms with Crippen LogP contribution in [0.1, 0.15) is 28.7 Å². The third-order valence-electron chi connectivity index (χ3n) is 4.53. The summed E-state index contributed by atoms with van der Waals surface area (Å²) in [5, 5.41) is 9.77. The first kappa shape index (κ1) is 15.5. The predicted molar refractivity (Wildman–Crippen MR) is 101 cm³/mol. The van der Waals surface area contributed by atoms with E-state index in [1.807, 2.05) is 42.5 Å². The Morgan fingerprint density at radius 1 is 0.880 bits per heavy atom. The van der Waals surface area contributed by atoms with E-state index in [1.165, 1.54) is 22.3 Å². The van der Waals surface area contributed by atoms with Crippen LogP contribution in [0.2, 0.25) is 0 Å². The summed E-state index contributed by atoms with van der Waals surface area (Å²) in [6.45, 7) is 0.578. The number of benzene rings is 3. The highest BCUT2D eigenvalue weighted by atomic mass is 16.5. The van der Waals surface area contributed by atoms with Gasteiger partial charge < -0.3 is 9.84 Å². The van der Waals surface area contributed by atoms with E-state index in [4.69, 9.17) is 4.74 Å². The molecule has 0 bridgehead atoms. The molecule has 0 heterocycles. The molecule has 2 nitrogen and oxygen atoms in total. The zero-order valence-electron chi connectivity index (χ0n) is 14.0. The molecule has 0 fully saturated rings. The van der Waals surface area contributed by atoms with E-state index < -0.39 is 0 Å². The van der Waals surface area contributed by atoms with Gasteiger partial charge in [-0.05, 0) is 64.9 Å². The van der Waals surface area contributed by atoms with Crippen molar-refractivity contribution in [2.75, 3.05) is 0 Å². The quantitative estimate of drug-likeness (QED) is 0.699. The lowest BCUT2D eigenvalue weighted by atomic mass is 9.87. The second-order valence-corrected chi connectivity index (χ2v) is 6.30. The number of phenolic OH excluding ortho intramolecular Hbond substituents is 1. The van der Waals surface area contributed by atoms with Gasteiger partial charge in [-0.25, -0.2) is 0 Å². The third kappa shape index (κ3) is 3.43. The molecule has 0 radical (unpaired) electrons. The van der Waals surface area contributed by atoms with E-state index in [-0.39, 0.29) is 0 Å². The Morgan fingerprint density at radius 3 is 2.60 bits per heavy atom. The zero-order chi connectivity index (χ0) is 17.1. The molecule has 0 aromatic heterocycles. The van der Waals surface area contributed by atoms with Gasteiger partial charge in [0.15, 0.2) is 0 Å². The van der Waals surface area contributed by atoms with Crippen molar-refractivity contribution in [2.45, 2.75) is 19.4 Å². The molecule has 25 heavy (non-hydrogen) atoms. The van der Waals surface area contributed by atoms with Gasteiger partial charge in [0, 0.05) is 0 Å². The van der Waals surface area contributed by atoms with Gasteiger partial charge in [0.05, 0.1) is 0 Å². The summed E-state index contributed by atoms with van der Waals surface area (Å²) in [7, 11) is 0. The monoisotopic (exact) mass is 328 g/mol. The summed E-state index contributed by atoms with van der Waals surface area (Å²) in [5.74, 6) is 1.20. The Morgan fingerprint density at radius 2 is 1.76 bits per heavy atom. The molecule has 0 saturated carbocycles. The number of aryl methyl sites for hydroxylation is 1. The fourth-order valence-corrected chi connectivity index (χ4v) is 3.30. The number of hydrogen-bond acceptors (Lipinski definition) is 2. The van der Waals surface area contributed by atoms with Crippen molar-refractivity contribution < 1.29 is 9.84 Å². The van der Waals surface area contributed by atoms with E-state index in [1.54, 1.807) is 6.07 Å². The molecular weight excluding hydrogens is 308 g/mol. The minimum atomic E-state index is 0.299. The number of hydrogen-bond donors (Lipinski definition) is 1. The lowest BCUT2D eigenvalue weighted by molar-refractivity contribution is 0.306. The van der Waals surface area contributed by atoms with Crippen molar-refractivity contribution in [3.8, 4) is 11.5 Å². The van der Waals surface area contributed by atoms with Crippen molar-refractivity contribution in [1.82, 2.24) is 0 Å². The Bertz CT molecular complexity index is 910. The van der Waals surface area contributed by atoms with Crippen LogP contribution in [0, 0.1) is 0 Å². The third-order valence-corrected chi connectivity index (χ3v) is 4.53. The van der Waals surface area contributed by atoms with Crippen molar-refractivity contribution in [2.24, 2.45) is 0 Å². The van der Waals surface area contributed by atoms with Gasteiger partial charge >= 0.3 is 0 Å². The van der Waals surface area contributed by atoms with Crippen LogP contribution in [-0.2, 0) is 13.0 Å². The fraction of sp³-hybridized carbons (Fsp3) is 0.130. The van der Waals surface area contributed by atoms with Gasteiger partial charge in [0.1, 0.15) is 18.1 Å². The normalized spacial score (nSPS) is 13.0. The van der Waals surface area contributed by atoms with Gasteiger partial charge in [0.2, 0.25) is 0 Å². The molecule has 0 saturated heterocycles. The van der Waals surface area contributed by atoms with Crippen molar-refractivity contribution >= 4 is 5.57 Å². The SMILES string of the molecule is Oc1cccc(C2=CCCc3cc(OCc4ccccc4)ccc32)c1. The van der Waals surface area contributed by atoms with Crippen molar-refractivity contribution in [3.63, 3.8) is 0 Å². The van der Waals surface area contributed by atoms with E-state index in [2.05, 4.69) is 30.3 Å². The molecule has 1 aliphatic rings. The standard InChI is InChI=1S/C23H20O2/c24-20-10-4-8-18(14-20)22-11-5-9-19-15-21(12-13-23(19)22)25-16-17-6-2-1-3-7-17/h1-4,6-8,10-15,24H,5,9,16H2. The van der Waals surface area contributed by atoms with Gasteiger partial charge in [-0.3, -0.25) is 0 Å². The molecule has 1 aliphatic carbocycles. The van der Waals surface area contributed by atoms with Crippen LogP contribution in [0.3, 0.4) is 0 Å². The summed E-state index contributed by atoms with van der Waals surface area (Å²) in [6, 6.07) is 24.0. The summed E-state index contributed by atoms with van der Waals surface area (Å²) >= 11 is 0. The molecule has 124 valence electrons. The Balaban J connectivity index is 1.58. The second kappa shape index (κ2) is 6.86. The first-order chi connectivity index (χ1) is 12.3. The molecule has 3 aromatic rings. The summed E-state index contributed by atoms with van der Waals surface area (Å²) in [4.78, 5) is 0. The summed E-state index contributed by atoms with van der Waals surface area (Å²) < 4.78 is 5.96. The maximum Gasteiger partial charge on any atom is 0.120 e. The van der Waals surface area contributed by atoms with Crippen LogP contribution in [0.5, 0.6) is 11.5 Å². The lowest BCUT2D eigenvalue weighted by Crippen LogP contribution is -2.02. The average molecular weight is 328 g/mol. The van der Waals surface area contributed by atoms with Gasteiger partial charge in [-0.2, -0.15) is 0 Å². The number of phenols is 1. The topological polar surface area (TPSA) is 29.5 Å². The molecule has 1 N–H and O–H groups in total. The number of allylic oxidation sites excluding steroid dienone is 1. The highest BCUT2D eigenvalue weighted by Gasteiger charge is 2.15. The minimum absolute atomic E-state index is 0.299. The van der Waals surface area contributed by atoms with Crippen molar-refractivity contribution in [3.05, 3.63) is 101 Å². The molecule has 0 unspecified atom stereocenters. The number of rotatable bonds is 4. The van der Waals surface area contributed by atoms with E-state index in [0.717, 1.165) is 24.2 Å². The second-order valence-electron chi connectivity index (χ2n) is 6.30. The van der Waals surface area contributed by atoms with Crippen LogP contribution >= 0.6 is 0 Å². The molecule has 3 aromatic carbocycles. The largest absolute Gasteiger partial charge is 0.508 e. The Kier molecular flexibility index (Phi) is 4.26. The van der Waals surface area contributed by atoms with E-state index in [0.29, 0.717) is 12.4 Å². The Labute approximate surface area is 148 Å². The Hall–Kier alpha value is -3.00. The van der Waals surface area contributed by atoms with Crippen molar-refractivity contribution in [1.29, 1.82) is 0 Å². The highest BCUT2D eigenvalue weighted by Crippen LogP contribution is 2.34. The fourth-order valence-electron chi connectivity index (χ4n) is 3.30. The van der Waals surface area contributed by atoms with Crippen LogP contribution in [0.4, 0.5) is 0 Å². The molecule has 2 heteroatoms. The maximum absolute atomic E-state index is 9.77. The molecule has 0 amide bonds. The average Bonchev–Trinajstić information content (AvgIpc) is 2.66. The minimum Gasteiger partial charge on any atom is -0.508 e. The molecule has 4 rings (SSSR count). The number of fused-ring (bicyclic) bond motifs is 1. The molecule has 0 atom stereocenters. The molecule has 0 spiro atoms. The van der Waals surface area contributed by atoms with E-state index >= 15 is 0 Å².